The molecule has 2 heterocycles. The Hall–Kier alpha value is -2.64. The number of carbonyl (C=O) groups excluding carboxylic acids is 1. The second-order valence-electron chi connectivity index (χ2n) is 7.55. The number of nitrogens with one attached hydrogen (secondary N) is 1. The molecule has 1 N–H and O–H groups in total. The Morgan fingerprint density at radius 2 is 1.87 bits per heavy atom. The van der Waals surface area contributed by atoms with Gasteiger partial charge in [-0.05, 0) is 30.5 Å². The van der Waals surface area contributed by atoms with Crippen LogP contribution in [0, 0.1) is 11.6 Å². The summed E-state index contributed by atoms with van der Waals surface area (Å²) < 4.78 is 26.4. The molecule has 0 spiro atoms. The van der Waals surface area contributed by atoms with E-state index < -0.39 is 11.6 Å². The quantitative estimate of drug-likeness (QED) is 0.634. The highest BCUT2D eigenvalue weighted by molar-refractivity contribution is 7.13. The second-order valence-corrected chi connectivity index (χ2v) is 8.41. The number of benzene rings is 2. The molecule has 1 aliphatic heterocycles. The molecule has 0 aliphatic carbocycles. The van der Waals surface area contributed by atoms with E-state index in [-0.39, 0.29) is 18.4 Å². The minimum atomic E-state index is -0.823. The van der Waals surface area contributed by atoms with Crippen LogP contribution in [-0.4, -0.2) is 34.9 Å². The minimum absolute atomic E-state index is 0.0148. The number of hydrogen-bond donors (Lipinski definition) is 1. The molecule has 1 aromatic heterocycles. The molecule has 1 aliphatic rings. The third-order valence-corrected chi connectivity index (χ3v) is 6.20. The number of aromatic nitrogens is 1. The van der Waals surface area contributed by atoms with Gasteiger partial charge in [0.1, 0.15) is 5.01 Å². The van der Waals surface area contributed by atoms with Crippen molar-refractivity contribution >= 4 is 17.2 Å². The normalized spacial score (nSPS) is 15.3. The molecule has 0 radical (unpaired) electrons. The topological polar surface area (TPSA) is 45.2 Å². The molecule has 0 unspecified atom stereocenters. The lowest BCUT2D eigenvalue weighted by atomic mass is 10.0. The van der Waals surface area contributed by atoms with Gasteiger partial charge in [-0.15, -0.1) is 11.3 Å². The minimum Gasteiger partial charge on any atom is -0.353 e. The van der Waals surface area contributed by atoms with Gasteiger partial charge in [-0.2, -0.15) is 0 Å². The summed E-state index contributed by atoms with van der Waals surface area (Å²) in [5.41, 5.74) is 2.60. The van der Waals surface area contributed by atoms with Gasteiger partial charge in [-0.3, -0.25) is 9.69 Å². The number of likely N-dealkylation sites (tertiary alicyclic amines) is 1. The van der Waals surface area contributed by atoms with E-state index >= 15 is 0 Å². The Balaban J connectivity index is 1.23. The smallest absolute Gasteiger partial charge is 0.226 e. The second kappa shape index (κ2) is 9.45. The van der Waals surface area contributed by atoms with Gasteiger partial charge in [0, 0.05) is 36.6 Å². The van der Waals surface area contributed by atoms with Gasteiger partial charge in [0.05, 0.1) is 12.1 Å². The van der Waals surface area contributed by atoms with Gasteiger partial charge in [0.2, 0.25) is 5.91 Å². The summed E-state index contributed by atoms with van der Waals surface area (Å²) in [6.07, 6.45) is 1.95. The summed E-state index contributed by atoms with van der Waals surface area (Å²) >= 11 is 1.55. The average Bonchev–Trinajstić information content (AvgIpc) is 3.21. The van der Waals surface area contributed by atoms with E-state index in [9.17, 15) is 13.6 Å². The van der Waals surface area contributed by atoms with Crippen LogP contribution < -0.4 is 5.32 Å². The predicted molar refractivity (Wildman–Crippen MR) is 114 cm³/mol. The van der Waals surface area contributed by atoms with Gasteiger partial charge in [0.15, 0.2) is 11.6 Å². The molecular formula is C23H23F2N3OS. The highest BCUT2D eigenvalue weighted by Gasteiger charge is 2.21. The highest BCUT2D eigenvalue weighted by Crippen LogP contribution is 2.23. The molecular weight excluding hydrogens is 404 g/mol. The number of halogens is 2. The standard InChI is InChI=1S/C23H23F2N3OS/c24-20-7-6-16(12-21(20)25)14-28-10-8-18(9-11-28)26-22(29)13-19-15-30-23(27-19)17-4-2-1-3-5-17/h1-7,12,15,18H,8-11,13-14H2,(H,26,29). The molecule has 3 aromatic rings. The first-order valence-corrected chi connectivity index (χ1v) is 10.9. The average molecular weight is 428 g/mol. The maximum Gasteiger partial charge on any atom is 0.226 e. The van der Waals surface area contributed by atoms with Crippen LogP contribution in [0.25, 0.3) is 10.6 Å². The fraction of sp³-hybridized carbons (Fsp3) is 0.304. The van der Waals surface area contributed by atoms with Crippen molar-refractivity contribution in [1.82, 2.24) is 15.2 Å². The molecule has 0 bridgehead atoms. The van der Waals surface area contributed by atoms with Crippen LogP contribution in [0.5, 0.6) is 0 Å². The van der Waals surface area contributed by atoms with Crippen molar-refractivity contribution in [2.45, 2.75) is 31.8 Å². The Morgan fingerprint density at radius 3 is 2.60 bits per heavy atom. The molecule has 2 aromatic carbocycles. The lowest BCUT2D eigenvalue weighted by Crippen LogP contribution is -2.44. The van der Waals surface area contributed by atoms with Crippen LogP contribution in [-0.2, 0) is 17.8 Å². The summed E-state index contributed by atoms with van der Waals surface area (Å²) in [4.78, 5) is 19.2. The van der Waals surface area contributed by atoms with Crippen LogP contribution in [0.3, 0.4) is 0 Å². The number of amides is 1. The van der Waals surface area contributed by atoms with Crippen molar-refractivity contribution in [3.63, 3.8) is 0 Å². The van der Waals surface area contributed by atoms with Crippen molar-refractivity contribution in [1.29, 1.82) is 0 Å². The summed E-state index contributed by atoms with van der Waals surface area (Å²) in [5.74, 6) is -1.65. The molecule has 4 nitrogen and oxygen atoms in total. The van der Waals surface area contributed by atoms with E-state index in [2.05, 4.69) is 15.2 Å². The van der Waals surface area contributed by atoms with Gasteiger partial charge in [0.25, 0.3) is 0 Å². The van der Waals surface area contributed by atoms with Crippen LogP contribution in [0.4, 0.5) is 8.78 Å². The van der Waals surface area contributed by atoms with Crippen molar-refractivity contribution in [2.75, 3.05) is 13.1 Å². The molecule has 4 rings (SSSR count). The van der Waals surface area contributed by atoms with Gasteiger partial charge < -0.3 is 5.32 Å². The van der Waals surface area contributed by atoms with Crippen molar-refractivity contribution in [2.24, 2.45) is 0 Å². The first-order chi connectivity index (χ1) is 14.6. The number of thiazole rings is 1. The fourth-order valence-corrected chi connectivity index (χ4v) is 4.50. The van der Waals surface area contributed by atoms with Crippen molar-refractivity contribution < 1.29 is 13.6 Å². The van der Waals surface area contributed by atoms with E-state index in [4.69, 9.17) is 0 Å². The first-order valence-electron chi connectivity index (χ1n) is 10.0. The number of nitrogens with zero attached hydrogens (tertiary/aromatic N) is 2. The maximum absolute atomic E-state index is 13.4. The van der Waals surface area contributed by atoms with Gasteiger partial charge in [-0.1, -0.05) is 36.4 Å². The van der Waals surface area contributed by atoms with E-state index in [0.29, 0.717) is 6.54 Å². The summed E-state index contributed by atoms with van der Waals surface area (Å²) in [7, 11) is 0. The van der Waals surface area contributed by atoms with E-state index in [1.165, 1.54) is 12.1 Å². The monoisotopic (exact) mass is 427 g/mol. The zero-order valence-electron chi connectivity index (χ0n) is 16.5. The number of hydrogen-bond acceptors (Lipinski definition) is 4. The third-order valence-electron chi connectivity index (χ3n) is 5.26. The molecule has 0 saturated carbocycles. The lowest BCUT2D eigenvalue weighted by molar-refractivity contribution is -0.121. The number of rotatable bonds is 6. The summed E-state index contributed by atoms with van der Waals surface area (Å²) in [6, 6.07) is 14.1. The van der Waals surface area contributed by atoms with Crippen LogP contribution >= 0.6 is 11.3 Å². The lowest BCUT2D eigenvalue weighted by Gasteiger charge is -2.32. The fourth-order valence-electron chi connectivity index (χ4n) is 3.68. The van der Waals surface area contributed by atoms with Gasteiger partial charge >= 0.3 is 0 Å². The zero-order valence-corrected chi connectivity index (χ0v) is 17.3. The number of carbonyl (C=O) groups is 1. The molecule has 156 valence electrons. The predicted octanol–water partition coefficient (Wildman–Crippen LogP) is 4.41. The highest BCUT2D eigenvalue weighted by atomic mass is 32.1. The molecule has 1 amide bonds. The van der Waals surface area contributed by atoms with Gasteiger partial charge in [-0.25, -0.2) is 13.8 Å². The molecule has 1 saturated heterocycles. The van der Waals surface area contributed by atoms with E-state index in [0.717, 1.165) is 47.8 Å². The molecule has 30 heavy (non-hydrogen) atoms. The van der Waals surface area contributed by atoms with Crippen molar-refractivity contribution in [3.05, 3.63) is 76.8 Å². The Labute approximate surface area is 178 Å². The Morgan fingerprint density at radius 1 is 1.10 bits per heavy atom. The number of piperidine rings is 1. The van der Waals surface area contributed by atoms with E-state index in [1.807, 2.05) is 35.7 Å². The SMILES string of the molecule is O=C(Cc1csc(-c2ccccc2)n1)NC1CCN(Cc2ccc(F)c(F)c2)CC1. The summed E-state index contributed by atoms with van der Waals surface area (Å²) in [6.45, 7) is 2.19. The summed E-state index contributed by atoms with van der Waals surface area (Å²) in [5, 5.41) is 5.96. The molecule has 7 heteroatoms. The molecule has 1 fully saturated rings. The maximum atomic E-state index is 13.4. The largest absolute Gasteiger partial charge is 0.353 e. The third kappa shape index (κ3) is 5.29. The Kier molecular flexibility index (Phi) is 6.50. The Bertz CT molecular complexity index is 1000. The van der Waals surface area contributed by atoms with E-state index in [1.54, 1.807) is 17.4 Å². The first kappa shape index (κ1) is 20.6. The zero-order chi connectivity index (χ0) is 20.9. The van der Waals surface area contributed by atoms with Crippen LogP contribution in [0.1, 0.15) is 24.1 Å². The molecule has 0 atom stereocenters. The van der Waals surface area contributed by atoms with Crippen molar-refractivity contribution in [3.8, 4) is 10.6 Å². The van der Waals surface area contributed by atoms with Crippen LogP contribution in [0.2, 0.25) is 0 Å². The van der Waals surface area contributed by atoms with Crippen LogP contribution in [0.15, 0.2) is 53.9 Å².